The van der Waals surface area contributed by atoms with Crippen molar-refractivity contribution in [2.75, 3.05) is 5.75 Å². The molecule has 17 heavy (non-hydrogen) atoms. The van der Waals surface area contributed by atoms with Crippen molar-refractivity contribution in [1.29, 1.82) is 0 Å². The first-order chi connectivity index (χ1) is 8.15. The van der Waals surface area contributed by atoms with Gasteiger partial charge in [0.05, 0.1) is 16.0 Å². The molecule has 0 saturated carbocycles. The molecule has 0 saturated heterocycles. The number of aromatic nitrogens is 1. The lowest BCUT2D eigenvalue weighted by Gasteiger charge is -1.97. The van der Waals surface area contributed by atoms with Crippen molar-refractivity contribution in [2.45, 2.75) is 11.3 Å². The number of rotatable bonds is 3. The van der Waals surface area contributed by atoms with Crippen LogP contribution in [0, 0.1) is 0 Å². The van der Waals surface area contributed by atoms with E-state index in [0.29, 0.717) is 0 Å². The van der Waals surface area contributed by atoms with Crippen LogP contribution >= 0.6 is 23.1 Å². The molecule has 0 bridgehead atoms. The largest absolute Gasteiger partial charge is 0.296 e. The molecule has 1 aromatic heterocycles. The number of carbonyl (C=O) groups is 2. The number of hydrogen-bond donors (Lipinski definition) is 1. The lowest BCUT2D eigenvalue weighted by Crippen LogP contribution is -2.29. The van der Waals surface area contributed by atoms with E-state index in [2.05, 4.69) is 10.3 Å². The van der Waals surface area contributed by atoms with Crippen molar-refractivity contribution in [3.63, 3.8) is 0 Å². The summed E-state index contributed by atoms with van der Waals surface area (Å²) in [5, 5.41) is 2.22. The van der Waals surface area contributed by atoms with E-state index in [-0.39, 0.29) is 17.6 Å². The Balaban J connectivity index is 1.99. The van der Waals surface area contributed by atoms with Gasteiger partial charge < -0.3 is 0 Å². The monoisotopic (exact) mass is 266 g/mol. The molecule has 0 aliphatic carbocycles. The number of thiazole rings is 1. The zero-order chi connectivity index (χ0) is 12.3. The quantitative estimate of drug-likeness (QED) is 0.864. The second kappa shape index (κ2) is 5.29. The molecule has 88 valence electrons. The molecule has 1 heterocycles. The van der Waals surface area contributed by atoms with Gasteiger partial charge in [0.1, 0.15) is 0 Å². The van der Waals surface area contributed by atoms with Gasteiger partial charge in [0.25, 0.3) is 0 Å². The first kappa shape index (κ1) is 12.1. The van der Waals surface area contributed by atoms with Crippen molar-refractivity contribution in [2.24, 2.45) is 0 Å². The van der Waals surface area contributed by atoms with Crippen LogP contribution < -0.4 is 5.32 Å². The smallest absolute Gasteiger partial charge is 0.236 e. The summed E-state index contributed by atoms with van der Waals surface area (Å²) < 4.78 is 1.94. The Bertz CT molecular complexity index is 532. The molecule has 1 N–H and O–H groups in total. The maximum atomic E-state index is 11.3. The van der Waals surface area contributed by atoms with Crippen LogP contribution in [0.3, 0.4) is 0 Å². The molecule has 0 aliphatic rings. The maximum absolute atomic E-state index is 11.3. The average Bonchev–Trinajstić information content (AvgIpc) is 2.68. The molecule has 0 spiro atoms. The van der Waals surface area contributed by atoms with Crippen molar-refractivity contribution >= 4 is 45.1 Å². The third-order valence-electron chi connectivity index (χ3n) is 1.92. The van der Waals surface area contributed by atoms with Crippen molar-refractivity contribution in [3.05, 3.63) is 24.3 Å². The number of fused-ring (bicyclic) bond motifs is 1. The first-order valence-corrected chi connectivity index (χ1v) is 6.74. The van der Waals surface area contributed by atoms with Gasteiger partial charge >= 0.3 is 0 Å². The van der Waals surface area contributed by atoms with Crippen LogP contribution in [0.25, 0.3) is 10.2 Å². The normalized spacial score (nSPS) is 10.4. The third kappa shape index (κ3) is 3.28. The van der Waals surface area contributed by atoms with E-state index in [1.807, 2.05) is 24.3 Å². The van der Waals surface area contributed by atoms with E-state index in [1.165, 1.54) is 18.7 Å². The van der Waals surface area contributed by atoms with E-state index < -0.39 is 0 Å². The fourth-order valence-electron chi connectivity index (χ4n) is 1.27. The van der Waals surface area contributed by atoms with E-state index >= 15 is 0 Å². The van der Waals surface area contributed by atoms with Crippen LogP contribution in [0.4, 0.5) is 0 Å². The predicted octanol–water partition coefficient (Wildman–Crippen LogP) is 2.05. The lowest BCUT2D eigenvalue weighted by molar-refractivity contribution is -0.127. The van der Waals surface area contributed by atoms with Gasteiger partial charge in [-0.15, -0.1) is 11.3 Å². The van der Waals surface area contributed by atoms with Gasteiger partial charge in [0.15, 0.2) is 4.34 Å². The van der Waals surface area contributed by atoms with Crippen molar-refractivity contribution in [1.82, 2.24) is 10.3 Å². The van der Waals surface area contributed by atoms with Gasteiger partial charge in [-0.25, -0.2) is 4.98 Å². The summed E-state index contributed by atoms with van der Waals surface area (Å²) >= 11 is 2.88. The average molecular weight is 266 g/mol. The zero-order valence-electron chi connectivity index (χ0n) is 9.10. The number of amides is 2. The summed E-state index contributed by atoms with van der Waals surface area (Å²) in [7, 11) is 0. The second-order valence-corrected chi connectivity index (χ2v) is 5.59. The Labute approximate surface area is 106 Å². The Morgan fingerprint density at radius 1 is 1.41 bits per heavy atom. The molecular formula is C11H10N2O2S2. The molecule has 0 fully saturated rings. The number of hydrogen-bond acceptors (Lipinski definition) is 5. The zero-order valence-corrected chi connectivity index (χ0v) is 10.7. The molecule has 2 amide bonds. The minimum Gasteiger partial charge on any atom is -0.296 e. The molecule has 0 radical (unpaired) electrons. The van der Waals surface area contributed by atoms with Crippen molar-refractivity contribution in [3.8, 4) is 0 Å². The number of nitrogens with zero attached hydrogens (tertiary/aromatic N) is 1. The highest BCUT2D eigenvalue weighted by Gasteiger charge is 2.08. The number of carbonyl (C=O) groups excluding carboxylic acids is 2. The van der Waals surface area contributed by atoms with Crippen LogP contribution in [-0.2, 0) is 9.59 Å². The molecule has 0 aliphatic heterocycles. The number of imide groups is 1. The predicted molar refractivity (Wildman–Crippen MR) is 69.2 cm³/mol. The fourth-order valence-corrected chi connectivity index (χ4v) is 3.14. The lowest BCUT2D eigenvalue weighted by atomic mass is 10.3. The van der Waals surface area contributed by atoms with Crippen LogP contribution in [-0.4, -0.2) is 22.6 Å². The van der Waals surface area contributed by atoms with E-state index in [4.69, 9.17) is 0 Å². The Morgan fingerprint density at radius 3 is 2.88 bits per heavy atom. The van der Waals surface area contributed by atoms with E-state index in [0.717, 1.165) is 14.6 Å². The van der Waals surface area contributed by atoms with Crippen molar-refractivity contribution < 1.29 is 9.59 Å². The molecular weight excluding hydrogens is 256 g/mol. The maximum Gasteiger partial charge on any atom is 0.236 e. The van der Waals surface area contributed by atoms with Gasteiger partial charge in [0.2, 0.25) is 11.8 Å². The summed E-state index contributed by atoms with van der Waals surface area (Å²) in [6, 6.07) is 7.81. The molecule has 1 aromatic carbocycles. The van der Waals surface area contributed by atoms with Gasteiger partial charge in [-0.05, 0) is 12.1 Å². The molecule has 2 aromatic rings. The number of thioether (sulfide) groups is 1. The van der Waals surface area contributed by atoms with Crippen LogP contribution in [0.1, 0.15) is 6.92 Å². The number of benzene rings is 1. The third-order valence-corrected chi connectivity index (χ3v) is 4.10. The van der Waals surface area contributed by atoms with Gasteiger partial charge in [0, 0.05) is 6.92 Å². The molecule has 0 unspecified atom stereocenters. The highest BCUT2D eigenvalue weighted by atomic mass is 32.2. The van der Waals surface area contributed by atoms with Gasteiger partial charge in [-0.3, -0.25) is 14.9 Å². The molecule has 2 rings (SSSR count). The van der Waals surface area contributed by atoms with Gasteiger partial charge in [-0.2, -0.15) is 0 Å². The summed E-state index contributed by atoms with van der Waals surface area (Å²) in [6.07, 6.45) is 0. The molecule has 4 nitrogen and oxygen atoms in total. The van der Waals surface area contributed by atoms with Gasteiger partial charge in [-0.1, -0.05) is 23.9 Å². The Morgan fingerprint density at radius 2 is 2.18 bits per heavy atom. The Kier molecular flexibility index (Phi) is 3.75. The van der Waals surface area contributed by atoms with Crippen LogP contribution in [0.5, 0.6) is 0 Å². The minimum atomic E-state index is -0.333. The minimum absolute atomic E-state index is 0.208. The second-order valence-electron chi connectivity index (χ2n) is 3.34. The number of nitrogens with one attached hydrogen (secondary N) is 1. The topological polar surface area (TPSA) is 59.1 Å². The van der Waals surface area contributed by atoms with Crippen LogP contribution in [0.15, 0.2) is 28.6 Å². The number of para-hydroxylation sites is 1. The summed E-state index contributed by atoms with van der Waals surface area (Å²) in [4.78, 5) is 26.3. The first-order valence-electron chi connectivity index (χ1n) is 4.94. The fraction of sp³-hybridized carbons (Fsp3) is 0.182. The van der Waals surface area contributed by atoms with E-state index in [1.54, 1.807) is 11.3 Å². The summed E-state index contributed by atoms with van der Waals surface area (Å²) in [5.41, 5.74) is 0.937. The van der Waals surface area contributed by atoms with Crippen LogP contribution in [0.2, 0.25) is 0 Å². The van der Waals surface area contributed by atoms with E-state index in [9.17, 15) is 9.59 Å². The molecule has 0 atom stereocenters. The summed E-state index contributed by atoms with van der Waals surface area (Å²) in [5.74, 6) is -0.416. The molecule has 6 heteroatoms. The SMILES string of the molecule is CC(=O)NC(=O)CSc1nc2ccccc2s1. The standard InChI is InChI=1S/C11H10N2O2S2/c1-7(14)12-10(15)6-16-11-13-8-4-2-3-5-9(8)17-11/h2-5H,6H2,1H3,(H,12,14,15). The highest BCUT2D eigenvalue weighted by molar-refractivity contribution is 8.01. The summed E-state index contributed by atoms with van der Waals surface area (Å²) in [6.45, 7) is 1.32. The highest BCUT2D eigenvalue weighted by Crippen LogP contribution is 2.28. The Hall–Kier alpha value is -1.40.